The fourth-order valence-electron chi connectivity index (χ4n) is 2.01. The number of benzene rings is 2. The number of hydrogen-bond donors (Lipinski definition) is 3. The highest BCUT2D eigenvalue weighted by Gasteiger charge is 2.07. The van der Waals surface area contributed by atoms with Gasteiger partial charge in [-0.25, -0.2) is 0 Å². The van der Waals surface area contributed by atoms with Gasteiger partial charge in [-0.2, -0.15) is 0 Å². The quantitative estimate of drug-likeness (QED) is 0.590. The summed E-state index contributed by atoms with van der Waals surface area (Å²) in [5.74, 6) is 0.125. The molecule has 2 aromatic rings. The Kier molecular flexibility index (Phi) is 4.25. The maximum atomic E-state index is 11.9. The lowest BCUT2D eigenvalue weighted by Crippen LogP contribution is -2.13. The standard InChI is InChI=1S/C16H18N2O2/c1-11-10-13(19)7-8-15(11)18-16(20)9-6-12-4-2-3-5-14(12)17/h2-5,7-8,10,19H,6,9,17H2,1H3,(H,18,20). The van der Waals surface area contributed by atoms with Crippen LogP contribution in [0, 0.1) is 6.92 Å². The molecule has 0 fully saturated rings. The van der Waals surface area contributed by atoms with Crippen LogP contribution >= 0.6 is 0 Å². The van der Waals surface area contributed by atoms with Gasteiger partial charge in [0, 0.05) is 17.8 Å². The fourth-order valence-corrected chi connectivity index (χ4v) is 2.01. The van der Waals surface area contributed by atoms with Crippen molar-refractivity contribution in [1.29, 1.82) is 0 Å². The summed E-state index contributed by atoms with van der Waals surface area (Å²) in [4.78, 5) is 11.9. The number of para-hydroxylation sites is 1. The predicted octanol–water partition coefficient (Wildman–Crippen LogP) is 2.85. The molecule has 0 aliphatic rings. The molecule has 2 aromatic carbocycles. The van der Waals surface area contributed by atoms with Gasteiger partial charge in [-0.15, -0.1) is 0 Å². The number of nitrogens with one attached hydrogen (secondary N) is 1. The molecule has 0 bridgehead atoms. The Bertz CT molecular complexity index is 624. The van der Waals surface area contributed by atoms with Gasteiger partial charge >= 0.3 is 0 Å². The van der Waals surface area contributed by atoms with Gasteiger partial charge in [0.15, 0.2) is 0 Å². The third-order valence-corrected chi connectivity index (χ3v) is 3.16. The third-order valence-electron chi connectivity index (χ3n) is 3.16. The number of nitrogen functional groups attached to an aromatic ring is 1. The van der Waals surface area contributed by atoms with Crippen molar-refractivity contribution in [3.63, 3.8) is 0 Å². The smallest absolute Gasteiger partial charge is 0.224 e. The zero-order valence-electron chi connectivity index (χ0n) is 11.4. The molecule has 0 unspecified atom stereocenters. The van der Waals surface area contributed by atoms with Crippen LogP contribution in [0.25, 0.3) is 0 Å². The average molecular weight is 270 g/mol. The SMILES string of the molecule is Cc1cc(O)ccc1NC(=O)CCc1ccccc1N. The first kappa shape index (κ1) is 13.9. The monoisotopic (exact) mass is 270 g/mol. The highest BCUT2D eigenvalue weighted by atomic mass is 16.3. The van der Waals surface area contributed by atoms with Crippen molar-refractivity contribution >= 4 is 17.3 Å². The lowest BCUT2D eigenvalue weighted by Gasteiger charge is -2.09. The highest BCUT2D eigenvalue weighted by Crippen LogP contribution is 2.20. The zero-order valence-corrected chi connectivity index (χ0v) is 11.4. The summed E-state index contributed by atoms with van der Waals surface area (Å²) in [6.07, 6.45) is 0.976. The van der Waals surface area contributed by atoms with E-state index >= 15 is 0 Å². The summed E-state index contributed by atoms with van der Waals surface area (Å²) in [6.45, 7) is 1.84. The number of anilines is 2. The zero-order chi connectivity index (χ0) is 14.5. The molecule has 0 spiro atoms. The maximum Gasteiger partial charge on any atom is 0.224 e. The van der Waals surface area contributed by atoms with E-state index in [-0.39, 0.29) is 11.7 Å². The van der Waals surface area contributed by atoms with Crippen molar-refractivity contribution in [3.8, 4) is 5.75 Å². The minimum atomic E-state index is -0.0676. The predicted molar refractivity (Wildman–Crippen MR) is 80.6 cm³/mol. The van der Waals surface area contributed by atoms with Gasteiger partial charge in [0.05, 0.1) is 0 Å². The van der Waals surface area contributed by atoms with Gasteiger partial charge in [0.2, 0.25) is 5.91 Å². The first-order valence-corrected chi connectivity index (χ1v) is 6.49. The molecule has 0 heterocycles. The van der Waals surface area contributed by atoms with Gasteiger partial charge in [-0.3, -0.25) is 4.79 Å². The number of carbonyl (C=O) groups is 1. The van der Waals surface area contributed by atoms with Crippen LogP contribution < -0.4 is 11.1 Å². The van der Waals surface area contributed by atoms with Gasteiger partial charge in [-0.1, -0.05) is 18.2 Å². The number of amides is 1. The molecular formula is C16H18N2O2. The first-order valence-electron chi connectivity index (χ1n) is 6.49. The first-order chi connectivity index (χ1) is 9.56. The Morgan fingerprint density at radius 1 is 1.25 bits per heavy atom. The van der Waals surface area contributed by atoms with E-state index in [0.717, 1.165) is 11.1 Å². The van der Waals surface area contributed by atoms with Gasteiger partial charge < -0.3 is 16.2 Å². The second kappa shape index (κ2) is 6.10. The number of nitrogens with two attached hydrogens (primary N) is 1. The van der Waals surface area contributed by atoms with E-state index in [1.165, 1.54) is 0 Å². The molecule has 104 valence electrons. The molecule has 4 heteroatoms. The van der Waals surface area contributed by atoms with Crippen LogP contribution in [0.5, 0.6) is 5.75 Å². The summed E-state index contributed by atoms with van der Waals surface area (Å²) in [7, 11) is 0. The molecule has 4 nitrogen and oxygen atoms in total. The number of carbonyl (C=O) groups excluding carboxylic acids is 1. The van der Waals surface area contributed by atoms with Gasteiger partial charge in [-0.05, 0) is 48.7 Å². The van der Waals surface area contributed by atoms with Gasteiger partial charge in [0.25, 0.3) is 0 Å². The van der Waals surface area contributed by atoms with Crippen LogP contribution in [0.3, 0.4) is 0 Å². The van der Waals surface area contributed by atoms with E-state index in [4.69, 9.17) is 5.73 Å². The van der Waals surface area contributed by atoms with Crippen LogP contribution in [0.4, 0.5) is 11.4 Å². The minimum absolute atomic E-state index is 0.0676. The lowest BCUT2D eigenvalue weighted by molar-refractivity contribution is -0.116. The summed E-state index contributed by atoms with van der Waals surface area (Å²) in [5.41, 5.74) is 9.07. The van der Waals surface area contributed by atoms with E-state index < -0.39 is 0 Å². The van der Waals surface area contributed by atoms with Crippen molar-refractivity contribution in [2.45, 2.75) is 19.8 Å². The number of aromatic hydroxyl groups is 1. The molecule has 0 aromatic heterocycles. The molecule has 0 radical (unpaired) electrons. The van der Waals surface area contributed by atoms with Crippen LogP contribution in [0.1, 0.15) is 17.5 Å². The molecule has 2 rings (SSSR count). The van der Waals surface area contributed by atoms with Gasteiger partial charge in [0.1, 0.15) is 5.75 Å². The number of aryl methyl sites for hydroxylation is 2. The third kappa shape index (κ3) is 3.51. The van der Waals surface area contributed by atoms with E-state index in [9.17, 15) is 9.90 Å². The van der Waals surface area contributed by atoms with Crippen LogP contribution in [-0.4, -0.2) is 11.0 Å². The minimum Gasteiger partial charge on any atom is -0.508 e. The Balaban J connectivity index is 1.94. The highest BCUT2D eigenvalue weighted by molar-refractivity contribution is 5.91. The molecule has 0 atom stereocenters. The summed E-state index contributed by atoms with van der Waals surface area (Å²) >= 11 is 0. The number of phenols is 1. The molecule has 0 saturated heterocycles. The van der Waals surface area contributed by atoms with Crippen LogP contribution in [-0.2, 0) is 11.2 Å². The maximum absolute atomic E-state index is 11.9. The Labute approximate surface area is 118 Å². The molecule has 20 heavy (non-hydrogen) atoms. The molecule has 0 aliphatic carbocycles. The van der Waals surface area contributed by atoms with Crippen LogP contribution in [0.2, 0.25) is 0 Å². The Hall–Kier alpha value is -2.49. The second-order valence-electron chi connectivity index (χ2n) is 4.75. The Morgan fingerprint density at radius 3 is 2.70 bits per heavy atom. The number of hydrogen-bond acceptors (Lipinski definition) is 3. The largest absolute Gasteiger partial charge is 0.508 e. The molecule has 0 aliphatic heterocycles. The van der Waals surface area contributed by atoms with Crippen molar-refractivity contribution in [1.82, 2.24) is 0 Å². The Morgan fingerprint density at radius 2 is 2.00 bits per heavy atom. The fraction of sp³-hybridized carbons (Fsp3) is 0.188. The normalized spacial score (nSPS) is 10.2. The number of rotatable bonds is 4. The van der Waals surface area contributed by atoms with Crippen molar-refractivity contribution in [2.24, 2.45) is 0 Å². The van der Waals surface area contributed by atoms with E-state index in [2.05, 4.69) is 5.32 Å². The summed E-state index contributed by atoms with van der Waals surface area (Å²) in [5, 5.41) is 12.2. The van der Waals surface area contributed by atoms with Crippen LogP contribution in [0.15, 0.2) is 42.5 Å². The second-order valence-corrected chi connectivity index (χ2v) is 4.75. The lowest BCUT2D eigenvalue weighted by atomic mass is 10.1. The van der Waals surface area contributed by atoms with E-state index in [1.54, 1.807) is 18.2 Å². The molecule has 0 saturated carbocycles. The van der Waals surface area contributed by atoms with Crippen molar-refractivity contribution in [3.05, 3.63) is 53.6 Å². The average Bonchev–Trinajstić information content (AvgIpc) is 2.41. The van der Waals surface area contributed by atoms with E-state index in [1.807, 2.05) is 31.2 Å². The molecular weight excluding hydrogens is 252 g/mol. The van der Waals surface area contributed by atoms with Crippen molar-refractivity contribution < 1.29 is 9.90 Å². The topological polar surface area (TPSA) is 75.3 Å². The molecule has 1 amide bonds. The van der Waals surface area contributed by atoms with E-state index in [0.29, 0.717) is 24.2 Å². The summed E-state index contributed by atoms with van der Waals surface area (Å²) in [6, 6.07) is 12.4. The number of phenolic OH excluding ortho intramolecular Hbond substituents is 1. The van der Waals surface area contributed by atoms with Crippen molar-refractivity contribution in [2.75, 3.05) is 11.1 Å². The summed E-state index contributed by atoms with van der Waals surface area (Å²) < 4.78 is 0. The molecule has 4 N–H and O–H groups in total.